The molecule has 0 spiro atoms. The number of hydrogen-bond donors (Lipinski definition) is 0. The molecule has 6 atom stereocenters. The second-order valence-corrected chi connectivity index (χ2v) is 9.19. The number of rotatable bonds is 13. The van der Waals surface area contributed by atoms with Crippen LogP contribution in [-0.2, 0) is 0 Å². The van der Waals surface area contributed by atoms with Crippen LogP contribution in [0.15, 0.2) is 6.07 Å². The average Bonchev–Trinajstić information content (AvgIpc) is 2.74. The summed E-state index contributed by atoms with van der Waals surface area (Å²) in [6, 6.07) is 0.342. The lowest BCUT2D eigenvalue weighted by Gasteiger charge is -2.26. The monoisotopic (exact) mass is 472 g/mol. The maximum absolute atomic E-state index is 14.4. The predicted molar refractivity (Wildman–Crippen MR) is 97.2 cm³/mol. The molecule has 174 valence electrons. The smallest absolute Gasteiger partial charge is 0.198 e. The zero-order valence-corrected chi connectivity index (χ0v) is 17.0. The van der Waals surface area contributed by atoms with Gasteiger partial charge in [0.1, 0.15) is 12.3 Å². The van der Waals surface area contributed by atoms with E-state index in [2.05, 4.69) is 0 Å². The minimum absolute atomic E-state index is 0.0291. The first-order chi connectivity index (χ1) is 14.1. The molecule has 0 aromatic heterocycles. The summed E-state index contributed by atoms with van der Waals surface area (Å²) < 4.78 is 136. The van der Waals surface area contributed by atoms with Crippen LogP contribution in [0.2, 0.25) is 0 Å². The van der Waals surface area contributed by atoms with Gasteiger partial charge in [-0.15, -0.1) is 0 Å². The third kappa shape index (κ3) is 6.99. The second-order valence-electron chi connectivity index (χ2n) is 6.82. The highest BCUT2D eigenvalue weighted by molar-refractivity contribution is 7.65. The number of halogens is 10. The molecule has 1 rings (SSSR count). The SMILES string of the molecule is CCCCP(CC(F)C(F)C(F)C(F)C(F)CCCF)c1cc(F)c(F)c(F)c1F. The van der Waals surface area contributed by atoms with Gasteiger partial charge in [0.05, 0.1) is 6.67 Å². The molecular formula is C19H23F10P. The van der Waals surface area contributed by atoms with E-state index in [0.29, 0.717) is 18.9 Å². The molecule has 0 saturated carbocycles. The summed E-state index contributed by atoms with van der Waals surface area (Å²) in [6.45, 7) is 0.706. The molecular weight excluding hydrogens is 449 g/mol. The molecule has 0 nitrogen and oxygen atoms in total. The van der Waals surface area contributed by atoms with Gasteiger partial charge in [0.25, 0.3) is 0 Å². The van der Waals surface area contributed by atoms with E-state index in [1.54, 1.807) is 6.92 Å². The van der Waals surface area contributed by atoms with Crippen LogP contribution in [0, 0.1) is 23.3 Å². The third-order valence-electron chi connectivity index (χ3n) is 4.51. The summed E-state index contributed by atoms with van der Waals surface area (Å²) in [7, 11) is -2.14. The van der Waals surface area contributed by atoms with Gasteiger partial charge in [-0.3, -0.25) is 4.39 Å². The summed E-state index contributed by atoms with van der Waals surface area (Å²) >= 11 is 0. The van der Waals surface area contributed by atoms with Crippen LogP contribution >= 0.6 is 7.92 Å². The van der Waals surface area contributed by atoms with E-state index < -0.39 is 93.0 Å². The van der Waals surface area contributed by atoms with Gasteiger partial charge in [-0.1, -0.05) is 21.3 Å². The largest absolute Gasteiger partial charge is 0.251 e. The zero-order valence-electron chi connectivity index (χ0n) is 16.1. The Kier molecular flexibility index (Phi) is 11.4. The maximum Gasteiger partial charge on any atom is 0.198 e. The summed E-state index contributed by atoms with van der Waals surface area (Å²) in [6.07, 6.45) is -15.9. The molecule has 1 aromatic carbocycles. The van der Waals surface area contributed by atoms with E-state index in [-0.39, 0.29) is 6.16 Å². The molecule has 11 heteroatoms. The van der Waals surface area contributed by atoms with E-state index in [9.17, 15) is 43.9 Å². The molecule has 30 heavy (non-hydrogen) atoms. The molecule has 0 heterocycles. The van der Waals surface area contributed by atoms with Crippen molar-refractivity contribution in [1.82, 2.24) is 0 Å². The highest BCUT2D eigenvalue weighted by atomic mass is 31.1. The fourth-order valence-electron chi connectivity index (χ4n) is 2.77. The van der Waals surface area contributed by atoms with Crippen molar-refractivity contribution >= 4 is 13.2 Å². The van der Waals surface area contributed by atoms with Gasteiger partial charge in [-0.05, 0) is 31.5 Å². The summed E-state index contributed by atoms with van der Waals surface area (Å²) in [5.74, 6) is -7.65. The first-order valence-corrected chi connectivity index (χ1v) is 11.1. The van der Waals surface area contributed by atoms with Crippen molar-refractivity contribution in [2.75, 3.05) is 19.0 Å². The van der Waals surface area contributed by atoms with Crippen LogP contribution in [0.5, 0.6) is 0 Å². The van der Waals surface area contributed by atoms with Crippen LogP contribution in [0.3, 0.4) is 0 Å². The molecule has 0 aliphatic carbocycles. The van der Waals surface area contributed by atoms with Crippen LogP contribution < -0.4 is 5.30 Å². The number of unbranched alkanes of at least 4 members (excludes halogenated alkanes) is 1. The van der Waals surface area contributed by atoms with Crippen LogP contribution in [0.4, 0.5) is 43.9 Å². The fourth-order valence-corrected chi connectivity index (χ4v) is 5.38. The van der Waals surface area contributed by atoms with E-state index in [0.717, 1.165) is 0 Å². The molecule has 0 fully saturated rings. The van der Waals surface area contributed by atoms with Crippen molar-refractivity contribution in [2.24, 2.45) is 0 Å². The normalized spacial score (nSPS) is 18.0. The quantitative estimate of drug-likeness (QED) is 0.132. The standard InChI is InChI=1S/C19H23F10P/c1-2-3-7-30(13-8-11(22)15(25)19(29)17(13)27)9-12(23)16(26)18(28)14(24)10(21)5-4-6-20/h8,10,12,14,16,18H,2-7,9H2,1H3. The summed E-state index contributed by atoms with van der Waals surface area (Å²) in [5, 5.41) is -0.691. The van der Waals surface area contributed by atoms with Gasteiger partial charge in [0, 0.05) is 11.5 Å². The lowest BCUT2D eigenvalue weighted by Crippen LogP contribution is -2.41. The molecule has 0 aliphatic heterocycles. The summed E-state index contributed by atoms with van der Waals surface area (Å²) in [4.78, 5) is 0. The van der Waals surface area contributed by atoms with Gasteiger partial charge in [-0.25, -0.2) is 39.5 Å². The molecule has 0 N–H and O–H groups in total. The van der Waals surface area contributed by atoms with Crippen LogP contribution in [0.1, 0.15) is 32.6 Å². The van der Waals surface area contributed by atoms with E-state index in [1.165, 1.54) is 0 Å². The van der Waals surface area contributed by atoms with Crippen molar-refractivity contribution in [2.45, 2.75) is 63.5 Å². The minimum Gasteiger partial charge on any atom is -0.251 e. The highest BCUT2D eigenvalue weighted by Crippen LogP contribution is 2.40. The zero-order chi connectivity index (χ0) is 23.0. The van der Waals surface area contributed by atoms with Crippen LogP contribution in [0.25, 0.3) is 0 Å². The van der Waals surface area contributed by atoms with Crippen molar-refractivity contribution in [3.8, 4) is 0 Å². The molecule has 0 amide bonds. The van der Waals surface area contributed by atoms with Crippen molar-refractivity contribution < 1.29 is 43.9 Å². The van der Waals surface area contributed by atoms with Gasteiger partial charge in [0.2, 0.25) is 0 Å². The average molecular weight is 472 g/mol. The number of benzene rings is 1. The third-order valence-corrected chi connectivity index (χ3v) is 7.17. The van der Waals surface area contributed by atoms with E-state index in [1.807, 2.05) is 0 Å². The number of alkyl halides is 6. The van der Waals surface area contributed by atoms with E-state index in [4.69, 9.17) is 0 Å². The van der Waals surface area contributed by atoms with Crippen molar-refractivity contribution in [3.05, 3.63) is 29.3 Å². The van der Waals surface area contributed by atoms with Gasteiger partial charge >= 0.3 is 0 Å². The lowest BCUT2D eigenvalue weighted by atomic mass is 10.0. The number of hydrogen-bond acceptors (Lipinski definition) is 0. The van der Waals surface area contributed by atoms with E-state index >= 15 is 0 Å². The predicted octanol–water partition coefficient (Wildman–Crippen LogP) is 6.59. The Balaban J connectivity index is 3.00. The molecule has 1 aromatic rings. The molecule has 0 saturated heterocycles. The first kappa shape index (κ1) is 27.0. The fraction of sp³-hybridized carbons (Fsp3) is 0.684. The van der Waals surface area contributed by atoms with Crippen molar-refractivity contribution in [1.29, 1.82) is 0 Å². The Labute approximate surface area is 169 Å². The maximum atomic E-state index is 14.4. The second kappa shape index (κ2) is 12.7. The Morgan fingerprint density at radius 3 is 1.97 bits per heavy atom. The Morgan fingerprint density at radius 2 is 1.40 bits per heavy atom. The highest BCUT2D eigenvalue weighted by Gasteiger charge is 2.41. The summed E-state index contributed by atoms with van der Waals surface area (Å²) in [5.41, 5.74) is 0. The topological polar surface area (TPSA) is 0 Å². The van der Waals surface area contributed by atoms with Gasteiger partial charge in [-0.2, -0.15) is 0 Å². The Bertz CT molecular complexity index is 659. The lowest BCUT2D eigenvalue weighted by molar-refractivity contribution is 0.00363. The molecule has 0 bridgehead atoms. The molecule has 0 aliphatic rings. The Morgan fingerprint density at radius 1 is 0.800 bits per heavy atom. The molecule has 6 unspecified atom stereocenters. The van der Waals surface area contributed by atoms with Gasteiger partial charge < -0.3 is 0 Å². The first-order valence-electron chi connectivity index (χ1n) is 9.40. The Hall–Kier alpha value is -1.05. The van der Waals surface area contributed by atoms with Crippen molar-refractivity contribution in [3.63, 3.8) is 0 Å². The molecule has 0 radical (unpaired) electrons. The minimum atomic E-state index is -3.20. The van der Waals surface area contributed by atoms with Gasteiger partial charge in [0.15, 0.2) is 41.8 Å². The van der Waals surface area contributed by atoms with Crippen LogP contribution in [-0.4, -0.2) is 49.9 Å².